The number of aliphatic hydroxyl groups excluding tert-OH is 2. The number of nitrogens with one attached hydrogen (secondary N) is 1. The Morgan fingerprint density at radius 3 is 2.70 bits per heavy atom. The van der Waals surface area contributed by atoms with Crippen LogP contribution in [-0.4, -0.2) is 74.6 Å². The van der Waals surface area contributed by atoms with Crippen LogP contribution < -0.4 is 16.8 Å². The molecule has 144 valence electrons. The van der Waals surface area contributed by atoms with Gasteiger partial charge in [-0.25, -0.2) is 14.8 Å². The van der Waals surface area contributed by atoms with Gasteiger partial charge in [-0.2, -0.15) is 0 Å². The summed E-state index contributed by atoms with van der Waals surface area (Å²) in [6.45, 7) is 0.0685. The molecule has 8 N–H and O–H groups in total. The van der Waals surface area contributed by atoms with E-state index in [1.54, 1.807) is 30.3 Å². The molecule has 1 saturated heterocycles. The van der Waals surface area contributed by atoms with E-state index in [-0.39, 0.29) is 18.5 Å². The zero-order chi connectivity index (χ0) is 19.3. The van der Waals surface area contributed by atoms with Crippen molar-refractivity contribution in [1.29, 1.82) is 0 Å². The Hall–Kier alpha value is -2.89. The fourth-order valence-electron chi connectivity index (χ4n) is 3.96. The Bertz CT molecular complexity index is 817. The van der Waals surface area contributed by atoms with Crippen molar-refractivity contribution in [2.45, 2.75) is 36.2 Å². The molecule has 6 atom stereocenters. The third-order valence-corrected chi connectivity index (χ3v) is 5.16. The predicted octanol–water partition coefficient (Wildman–Crippen LogP) is -2.50. The fraction of sp³-hybridized carbons (Fsp3) is 0.438. The SMILES string of the molecule is NC1=NC2[C@H](C(=O)O)N=C(N)N3C[C@H](OC(O)c4ccccc4)[C@@H](O)C23N1. The molecule has 0 radical (unpaired) electrons. The number of hydrogen-bond donors (Lipinski definition) is 6. The molecule has 0 bridgehead atoms. The zero-order valence-corrected chi connectivity index (χ0v) is 14.1. The van der Waals surface area contributed by atoms with Crippen molar-refractivity contribution >= 4 is 17.9 Å². The lowest BCUT2D eigenvalue weighted by molar-refractivity contribution is -0.164. The van der Waals surface area contributed by atoms with Gasteiger partial charge in [-0.15, -0.1) is 0 Å². The number of guanidine groups is 2. The zero-order valence-electron chi connectivity index (χ0n) is 14.1. The van der Waals surface area contributed by atoms with Crippen LogP contribution in [0.4, 0.5) is 0 Å². The number of carbonyl (C=O) groups is 1. The second kappa shape index (κ2) is 6.08. The molecule has 3 heterocycles. The van der Waals surface area contributed by atoms with Crippen LogP contribution in [0.2, 0.25) is 0 Å². The Balaban J connectivity index is 1.65. The van der Waals surface area contributed by atoms with E-state index in [4.69, 9.17) is 16.2 Å². The number of carboxylic acids is 1. The van der Waals surface area contributed by atoms with Crippen LogP contribution in [0.25, 0.3) is 0 Å². The predicted molar refractivity (Wildman–Crippen MR) is 93.3 cm³/mol. The number of carboxylic acid groups (broad SMARTS) is 1. The minimum atomic E-state index is -1.40. The molecule has 0 amide bonds. The summed E-state index contributed by atoms with van der Waals surface area (Å²) in [6.07, 6.45) is -3.45. The van der Waals surface area contributed by atoms with E-state index in [0.29, 0.717) is 5.56 Å². The number of benzene rings is 1. The van der Waals surface area contributed by atoms with Gasteiger partial charge < -0.3 is 41.7 Å². The third-order valence-electron chi connectivity index (χ3n) is 5.16. The van der Waals surface area contributed by atoms with E-state index in [9.17, 15) is 20.1 Å². The first kappa shape index (κ1) is 17.5. The van der Waals surface area contributed by atoms with E-state index in [1.165, 1.54) is 4.90 Å². The first-order chi connectivity index (χ1) is 12.8. The number of aliphatic carboxylic acids is 1. The molecule has 3 unspecified atom stereocenters. The molecule has 1 fully saturated rings. The summed E-state index contributed by atoms with van der Waals surface area (Å²) >= 11 is 0. The first-order valence-corrected chi connectivity index (χ1v) is 8.36. The summed E-state index contributed by atoms with van der Waals surface area (Å²) in [5.41, 5.74) is 10.9. The minimum Gasteiger partial charge on any atom is -0.480 e. The number of rotatable bonds is 4. The maximum Gasteiger partial charge on any atom is 0.331 e. The normalized spacial score (nSPS) is 35.6. The summed E-state index contributed by atoms with van der Waals surface area (Å²) in [5.74, 6) is -1.33. The highest BCUT2D eigenvalue weighted by atomic mass is 16.6. The summed E-state index contributed by atoms with van der Waals surface area (Å²) in [5, 5.41) is 33.7. The fourth-order valence-corrected chi connectivity index (χ4v) is 3.96. The maximum atomic E-state index is 11.6. The number of nitrogens with two attached hydrogens (primary N) is 2. The third kappa shape index (κ3) is 2.51. The van der Waals surface area contributed by atoms with Crippen molar-refractivity contribution < 1.29 is 24.9 Å². The van der Waals surface area contributed by atoms with Crippen LogP contribution in [0.3, 0.4) is 0 Å². The van der Waals surface area contributed by atoms with Gasteiger partial charge in [0.1, 0.15) is 18.2 Å². The summed E-state index contributed by atoms with van der Waals surface area (Å²) in [6, 6.07) is 6.37. The molecule has 4 rings (SSSR count). The van der Waals surface area contributed by atoms with Crippen molar-refractivity contribution in [1.82, 2.24) is 10.2 Å². The lowest BCUT2D eigenvalue weighted by Crippen LogP contribution is -2.73. The Labute approximate surface area is 154 Å². The van der Waals surface area contributed by atoms with Crippen LogP contribution in [0.15, 0.2) is 40.3 Å². The van der Waals surface area contributed by atoms with Crippen LogP contribution in [0, 0.1) is 0 Å². The molecule has 1 spiro atoms. The van der Waals surface area contributed by atoms with Crippen LogP contribution in [0.5, 0.6) is 0 Å². The van der Waals surface area contributed by atoms with Crippen molar-refractivity contribution in [3.05, 3.63) is 35.9 Å². The topological polar surface area (TPSA) is 179 Å². The van der Waals surface area contributed by atoms with Gasteiger partial charge >= 0.3 is 5.97 Å². The highest BCUT2D eigenvalue weighted by Crippen LogP contribution is 2.41. The van der Waals surface area contributed by atoms with Gasteiger partial charge in [0.2, 0.25) is 0 Å². The molecule has 0 aliphatic carbocycles. The first-order valence-electron chi connectivity index (χ1n) is 8.36. The van der Waals surface area contributed by atoms with Crippen molar-refractivity contribution in [2.24, 2.45) is 21.5 Å². The summed E-state index contributed by atoms with van der Waals surface area (Å²) < 4.78 is 5.66. The quantitative estimate of drug-likeness (QED) is 0.310. The van der Waals surface area contributed by atoms with E-state index >= 15 is 0 Å². The average molecular weight is 376 g/mol. The molecular weight excluding hydrogens is 356 g/mol. The van der Waals surface area contributed by atoms with Crippen molar-refractivity contribution in [2.75, 3.05) is 6.54 Å². The van der Waals surface area contributed by atoms with Gasteiger partial charge in [0.05, 0.1) is 6.54 Å². The van der Waals surface area contributed by atoms with E-state index in [0.717, 1.165) is 0 Å². The van der Waals surface area contributed by atoms with Crippen molar-refractivity contribution in [3.8, 4) is 0 Å². The lowest BCUT2D eigenvalue weighted by atomic mass is 9.88. The Morgan fingerprint density at radius 1 is 1.33 bits per heavy atom. The van der Waals surface area contributed by atoms with Gasteiger partial charge in [-0.05, 0) is 0 Å². The molecule has 0 saturated carbocycles. The summed E-state index contributed by atoms with van der Waals surface area (Å²) in [4.78, 5) is 21.2. The molecule has 1 aromatic rings. The van der Waals surface area contributed by atoms with E-state index in [2.05, 4.69) is 15.3 Å². The lowest BCUT2D eigenvalue weighted by Gasteiger charge is -2.45. The molecule has 0 aromatic heterocycles. The highest BCUT2D eigenvalue weighted by Gasteiger charge is 2.67. The second-order valence-corrected chi connectivity index (χ2v) is 6.67. The van der Waals surface area contributed by atoms with Gasteiger partial charge in [-0.3, -0.25) is 0 Å². The largest absolute Gasteiger partial charge is 0.480 e. The standard InChI is InChI=1S/C16H20N6O5/c17-14-20-10-9(12(24)25)19-15(18)22-6-8(11(23)16(10,22)21-14)27-13(26)7-4-2-1-3-5-7/h1-5,8-11,13,23,26H,6H2,(H2,18,19)(H,24,25)(H3,17,20,21)/t8-,9+,10?,11+,13?,16?/m0/s1. The van der Waals surface area contributed by atoms with Gasteiger partial charge in [0, 0.05) is 5.56 Å². The van der Waals surface area contributed by atoms with Crippen molar-refractivity contribution in [3.63, 3.8) is 0 Å². The summed E-state index contributed by atoms with van der Waals surface area (Å²) in [7, 11) is 0. The van der Waals surface area contributed by atoms with E-state index < -0.39 is 42.2 Å². The molecule has 1 aromatic carbocycles. The minimum absolute atomic E-state index is 0.0237. The number of hydrogen-bond acceptors (Lipinski definition) is 10. The van der Waals surface area contributed by atoms with Gasteiger partial charge in [0.25, 0.3) is 0 Å². The van der Waals surface area contributed by atoms with Crippen LogP contribution in [0.1, 0.15) is 11.9 Å². The van der Waals surface area contributed by atoms with Gasteiger partial charge in [-0.1, -0.05) is 30.3 Å². The number of ether oxygens (including phenoxy) is 1. The molecule has 11 nitrogen and oxygen atoms in total. The number of nitrogens with zero attached hydrogens (tertiary/aromatic N) is 3. The maximum absolute atomic E-state index is 11.6. The molecule has 27 heavy (non-hydrogen) atoms. The molecule has 3 aliphatic heterocycles. The van der Waals surface area contributed by atoms with Crippen LogP contribution >= 0.6 is 0 Å². The molecule has 11 heteroatoms. The van der Waals surface area contributed by atoms with Crippen LogP contribution in [-0.2, 0) is 9.53 Å². The Morgan fingerprint density at radius 2 is 2.04 bits per heavy atom. The molecule has 3 aliphatic rings. The number of aliphatic imine (C=N–C) groups is 2. The van der Waals surface area contributed by atoms with Gasteiger partial charge in [0.15, 0.2) is 29.9 Å². The Kier molecular flexibility index (Phi) is 3.94. The number of aliphatic hydroxyl groups is 2. The monoisotopic (exact) mass is 376 g/mol. The molecular formula is C16H20N6O5. The van der Waals surface area contributed by atoms with E-state index in [1.807, 2.05) is 0 Å². The highest BCUT2D eigenvalue weighted by molar-refractivity contribution is 5.91. The average Bonchev–Trinajstić information content (AvgIpc) is 3.13. The second-order valence-electron chi connectivity index (χ2n) is 6.67. The smallest absolute Gasteiger partial charge is 0.331 e.